The van der Waals surface area contributed by atoms with Crippen molar-refractivity contribution in [3.63, 3.8) is 0 Å². The van der Waals surface area contributed by atoms with Gasteiger partial charge in [-0.15, -0.1) is 0 Å². The van der Waals surface area contributed by atoms with Crippen LogP contribution in [-0.4, -0.2) is 18.1 Å². The molecule has 0 spiro atoms. The molecule has 0 radical (unpaired) electrons. The monoisotopic (exact) mass is 281 g/mol. The van der Waals surface area contributed by atoms with E-state index in [1.54, 1.807) is 0 Å². The van der Waals surface area contributed by atoms with Gasteiger partial charge in [-0.25, -0.2) is 4.98 Å². The fourth-order valence-electron chi connectivity index (χ4n) is 2.91. The average molecular weight is 281 g/mol. The Bertz CT molecular complexity index is 547. The highest BCUT2D eigenvalue weighted by molar-refractivity contribution is 5.56. The number of hydrogen-bond donors (Lipinski definition) is 2. The van der Waals surface area contributed by atoms with E-state index in [0.717, 1.165) is 23.8 Å². The Morgan fingerprint density at radius 3 is 2.90 bits per heavy atom. The van der Waals surface area contributed by atoms with Crippen LogP contribution in [0, 0.1) is 5.92 Å². The van der Waals surface area contributed by atoms with Crippen LogP contribution >= 0.6 is 0 Å². The summed E-state index contributed by atoms with van der Waals surface area (Å²) in [6.07, 6.45) is 6.99. The summed E-state index contributed by atoms with van der Waals surface area (Å²) in [5, 5.41) is 6.85. The van der Waals surface area contributed by atoms with Gasteiger partial charge in [0.15, 0.2) is 0 Å². The van der Waals surface area contributed by atoms with Gasteiger partial charge in [-0.05, 0) is 74.5 Å². The summed E-state index contributed by atoms with van der Waals surface area (Å²) >= 11 is 0. The summed E-state index contributed by atoms with van der Waals surface area (Å²) in [7, 11) is 0. The first kappa shape index (κ1) is 14.1. The zero-order valence-electron chi connectivity index (χ0n) is 12.4. The lowest BCUT2D eigenvalue weighted by molar-refractivity contribution is 0.358. The third-order valence-electron chi connectivity index (χ3n) is 4.11. The molecule has 2 N–H and O–H groups in total. The van der Waals surface area contributed by atoms with E-state index in [1.807, 2.05) is 24.4 Å². The Morgan fingerprint density at radius 1 is 1.19 bits per heavy atom. The number of rotatable bonds is 5. The second-order valence-electron chi connectivity index (χ2n) is 5.79. The van der Waals surface area contributed by atoms with E-state index < -0.39 is 0 Å². The number of nitrogens with one attached hydrogen (secondary N) is 2. The van der Waals surface area contributed by atoms with Gasteiger partial charge in [-0.1, -0.05) is 18.2 Å². The van der Waals surface area contributed by atoms with Crippen LogP contribution in [0.3, 0.4) is 0 Å². The maximum absolute atomic E-state index is 4.41. The molecular formula is C18H23N3. The van der Waals surface area contributed by atoms with Crippen molar-refractivity contribution in [1.82, 2.24) is 10.3 Å². The summed E-state index contributed by atoms with van der Waals surface area (Å²) in [6, 6.07) is 14.5. The predicted molar refractivity (Wildman–Crippen MR) is 87.9 cm³/mol. The molecule has 1 aromatic heterocycles. The van der Waals surface area contributed by atoms with Crippen molar-refractivity contribution in [1.29, 1.82) is 0 Å². The zero-order valence-corrected chi connectivity index (χ0v) is 12.4. The average Bonchev–Trinajstić information content (AvgIpc) is 2.55. The standard InChI is InChI=1S/C18H23N3/c1-2-6-17(7-3-1)21-18-13-15(10-12-20-18)8-9-16-5-4-11-19-14-16/h1-3,6-7,10,12-13,16,19H,4-5,8-9,11,14H2,(H,20,21)/t16-/m1/s1. The minimum absolute atomic E-state index is 0.831. The van der Waals surface area contributed by atoms with Gasteiger partial charge in [0.2, 0.25) is 0 Å². The third-order valence-corrected chi connectivity index (χ3v) is 4.11. The summed E-state index contributed by atoms with van der Waals surface area (Å²) in [6.45, 7) is 2.37. The second-order valence-corrected chi connectivity index (χ2v) is 5.79. The highest BCUT2D eigenvalue weighted by Gasteiger charge is 2.12. The highest BCUT2D eigenvalue weighted by atomic mass is 15.0. The van der Waals surface area contributed by atoms with Gasteiger partial charge in [-0.2, -0.15) is 0 Å². The molecule has 0 aliphatic carbocycles. The molecule has 0 saturated carbocycles. The highest BCUT2D eigenvalue weighted by Crippen LogP contribution is 2.19. The Hall–Kier alpha value is -1.87. The molecule has 3 nitrogen and oxygen atoms in total. The molecule has 0 bridgehead atoms. The zero-order chi connectivity index (χ0) is 14.3. The van der Waals surface area contributed by atoms with Crippen molar-refractivity contribution in [3.8, 4) is 0 Å². The molecule has 3 heteroatoms. The van der Waals surface area contributed by atoms with Crippen molar-refractivity contribution in [2.45, 2.75) is 25.7 Å². The minimum atomic E-state index is 0.831. The van der Waals surface area contributed by atoms with Crippen LogP contribution in [0.4, 0.5) is 11.5 Å². The summed E-state index contributed by atoms with van der Waals surface area (Å²) in [4.78, 5) is 4.41. The van der Waals surface area contributed by atoms with Crippen LogP contribution in [0.2, 0.25) is 0 Å². The molecule has 1 aliphatic rings. The smallest absolute Gasteiger partial charge is 0.130 e. The van der Waals surface area contributed by atoms with Crippen molar-refractivity contribution in [2.75, 3.05) is 18.4 Å². The first-order valence-electron chi connectivity index (χ1n) is 7.88. The van der Waals surface area contributed by atoms with Crippen molar-refractivity contribution in [2.24, 2.45) is 5.92 Å². The molecule has 21 heavy (non-hydrogen) atoms. The van der Waals surface area contributed by atoms with E-state index in [4.69, 9.17) is 0 Å². The maximum Gasteiger partial charge on any atom is 0.130 e. The van der Waals surface area contributed by atoms with E-state index in [0.29, 0.717) is 0 Å². The van der Waals surface area contributed by atoms with Crippen LogP contribution in [0.25, 0.3) is 0 Å². The number of nitrogens with zero attached hydrogens (tertiary/aromatic N) is 1. The Kier molecular flexibility index (Phi) is 4.85. The molecule has 1 fully saturated rings. The lowest BCUT2D eigenvalue weighted by atomic mass is 9.93. The fraction of sp³-hybridized carbons (Fsp3) is 0.389. The van der Waals surface area contributed by atoms with Crippen LogP contribution in [0.5, 0.6) is 0 Å². The normalized spacial score (nSPS) is 18.4. The number of hydrogen-bond acceptors (Lipinski definition) is 3. The van der Waals surface area contributed by atoms with Crippen LogP contribution in [0.15, 0.2) is 48.7 Å². The number of para-hydroxylation sites is 1. The molecule has 0 amide bonds. The summed E-state index contributed by atoms with van der Waals surface area (Å²) < 4.78 is 0. The van der Waals surface area contributed by atoms with E-state index in [2.05, 4.69) is 39.9 Å². The van der Waals surface area contributed by atoms with E-state index in [9.17, 15) is 0 Å². The van der Waals surface area contributed by atoms with Gasteiger partial charge < -0.3 is 10.6 Å². The quantitative estimate of drug-likeness (QED) is 0.876. The molecule has 1 saturated heterocycles. The van der Waals surface area contributed by atoms with Crippen molar-refractivity contribution >= 4 is 11.5 Å². The lowest BCUT2D eigenvalue weighted by Gasteiger charge is -2.22. The molecule has 0 unspecified atom stereocenters. The first-order valence-corrected chi connectivity index (χ1v) is 7.88. The van der Waals surface area contributed by atoms with Gasteiger partial charge in [0.1, 0.15) is 5.82 Å². The third kappa shape index (κ3) is 4.30. The van der Waals surface area contributed by atoms with Crippen LogP contribution in [0.1, 0.15) is 24.8 Å². The summed E-state index contributed by atoms with van der Waals surface area (Å²) in [5.41, 5.74) is 2.45. The number of piperidine rings is 1. The predicted octanol–water partition coefficient (Wildman–Crippen LogP) is 3.76. The Morgan fingerprint density at radius 2 is 2.10 bits per heavy atom. The van der Waals surface area contributed by atoms with Gasteiger partial charge in [0, 0.05) is 11.9 Å². The van der Waals surface area contributed by atoms with Crippen LogP contribution in [-0.2, 0) is 6.42 Å². The number of aryl methyl sites for hydroxylation is 1. The maximum atomic E-state index is 4.41. The van der Waals surface area contributed by atoms with Gasteiger partial charge in [-0.3, -0.25) is 0 Å². The molecule has 3 rings (SSSR count). The molecule has 110 valence electrons. The number of anilines is 2. The van der Waals surface area contributed by atoms with E-state index in [1.165, 1.54) is 37.9 Å². The molecule has 2 heterocycles. The largest absolute Gasteiger partial charge is 0.340 e. The van der Waals surface area contributed by atoms with Crippen molar-refractivity contribution in [3.05, 3.63) is 54.2 Å². The van der Waals surface area contributed by atoms with Gasteiger partial charge >= 0.3 is 0 Å². The number of benzene rings is 1. The Labute approximate surface area is 126 Å². The number of pyridine rings is 1. The first-order chi connectivity index (χ1) is 10.4. The van der Waals surface area contributed by atoms with E-state index in [-0.39, 0.29) is 0 Å². The topological polar surface area (TPSA) is 37.0 Å². The fourth-order valence-corrected chi connectivity index (χ4v) is 2.91. The molecule has 1 atom stereocenters. The SMILES string of the molecule is c1ccc(Nc2cc(CC[C@H]3CCCNC3)ccn2)cc1. The molecule has 2 aromatic rings. The molecule has 1 aliphatic heterocycles. The molecule has 1 aromatic carbocycles. The second kappa shape index (κ2) is 7.23. The van der Waals surface area contributed by atoms with Crippen molar-refractivity contribution < 1.29 is 0 Å². The van der Waals surface area contributed by atoms with Crippen LogP contribution < -0.4 is 10.6 Å². The minimum Gasteiger partial charge on any atom is -0.340 e. The lowest BCUT2D eigenvalue weighted by Crippen LogP contribution is -2.29. The van der Waals surface area contributed by atoms with Gasteiger partial charge in [0.25, 0.3) is 0 Å². The molecular weight excluding hydrogens is 258 g/mol. The summed E-state index contributed by atoms with van der Waals surface area (Å²) in [5.74, 6) is 1.76. The Balaban J connectivity index is 1.57. The number of aromatic nitrogens is 1. The van der Waals surface area contributed by atoms with E-state index >= 15 is 0 Å². The van der Waals surface area contributed by atoms with Gasteiger partial charge in [0.05, 0.1) is 0 Å².